The summed E-state index contributed by atoms with van der Waals surface area (Å²) < 4.78 is 28.9. The van der Waals surface area contributed by atoms with Gasteiger partial charge in [0.2, 0.25) is 0 Å². The summed E-state index contributed by atoms with van der Waals surface area (Å²) in [4.78, 5) is 0. The Balaban J connectivity index is 3.61. The molecule has 0 aliphatic carbocycles. The lowest BCUT2D eigenvalue weighted by atomic mass is 10.1. The molecule has 0 heterocycles. The van der Waals surface area contributed by atoms with Crippen molar-refractivity contribution in [1.82, 2.24) is 0 Å². The average molecular weight is 193 g/mol. The summed E-state index contributed by atoms with van der Waals surface area (Å²) in [6, 6.07) is 0. The average Bonchev–Trinajstić information content (AvgIpc) is 1.55. The summed E-state index contributed by atoms with van der Waals surface area (Å²) in [5.41, 5.74) is 0. The van der Waals surface area contributed by atoms with Crippen molar-refractivity contribution in [2.24, 2.45) is 0 Å². The third-order valence-corrected chi connectivity index (χ3v) is 2.26. The van der Waals surface area contributed by atoms with Crippen molar-refractivity contribution in [3.05, 3.63) is 0 Å². The van der Waals surface area contributed by atoms with Gasteiger partial charge in [-0.15, -0.1) is 0 Å². The van der Waals surface area contributed by atoms with Gasteiger partial charge in [-0.05, 0) is 11.5 Å². The lowest BCUT2D eigenvalue weighted by Crippen LogP contribution is -2.08. The molecule has 0 aliphatic rings. The number of hydrogen-bond donors (Lipinski definition) is 1. The predicted octanol–water partition coefficient (Wildman–Crippen LogP) is 1.02. The van der Waals surface area contributed by atoms with E-state index in [1.165, 1.54) is 0 Å². The van der Waals surface area contributed by atoms with E-state index in [0.717, 1.165) is 6.42 Å². The zero-order valence-corrected chi connectivity index (χ0v) is 8.61. The maximum Gasteiger partial charge on any atom is 0.264 e. The number of rotatable bonds is 4. The van der Waals surface area contributed by atoms with E-state index in [4.69, 9.17) is 4.55 Å². The van der Waals surface area contributed by atoms with Crippen LogP contribution in [0.15, 0.2) is 0 Å². The van der Waals surface area contributed by atoms with Crippen molar-refractivity contribution < 1.29 is 13.0 Å². The minimum absolute atomic E-state index is 0.0509. The molecular formula is C6H13O3SSi. The third kappa shape index (κ3) is 10.1. The summed E-state index contributed by atoms with van der Waals surface area (Å²) in [5, 5.41) is -0.0509. The monoisotopic (exact) mass is 193 g/mol. The zero-order valence-electron chi connectivity index (χ0n) is 6.79. The van der Waals surface area contributed by atoms with E-state index in [1.807, 2.05) is 13.8 Å². The molecule has 3 nitrogen and oxygen atoms in total. The fraction of sp³-hybridized carbons (Fsp3) is 1.00. The fourth-order valence-electron chi connectivity index (χ4n) is 0.697. The van der Waals surface area contributed by atoms with E-state index in [9.17, 15) is 8.42 Å². The molecule has 1 N–H and O–H groups in total. The van der Waals surface area contributed by atoms with Crippen molar-refractivity contribution >= 4 is 20.4 Å². The Morgan fingerprint density at radius 2 is 1.91 bits per heavy atom. The van der Waals surface area contributed by atoms with E-state index < -0.39 is 10.1 Å². The van der Waals surface area contributed by atoms with E-state index in [0.29, 0.717) is 6.42 Å². The van der Waals surface area contributed by atoms with Crippen LogP contribution in [0.4, 0.5) is 0 Å². The molecule has 3 radical (unpaired) electrons. The second kappa shape index (κ2) is 3.69. The molecular weight excluding hydrogens is 180 g/mol. The van der Waals surface area contributed by atoms with Crippen molar-refractivity contribution in [2.75, 3.05) is 5.75 Å². The highest BCUT2D eigenvalue weighted by Crippen LogP contribution is 2.25. The third-order valence-electron chi connectivity index (χ3n) is 1.20. The number of hydrogen-bond acceptors (Lipinski definition) is 2. The molecule has 0 amide bonds. The molecule has 5 heteroatoms. The molecule has 0 aromatic rings. The highest BCUT2D eigenvalue weighted by Gasteiger charge is 2.12. The second-order valence-corrected chi connectivity index (χ2v) is 6.20. The van der Waals surface area contributed by atoms with Crippen LogP contribution in [0, 0.1) is 0 Å². The molecule has 0 saturated carbocycles. The first-order valence-corrected chi connectivity index (χ1v) is 5.52. The molecule has 0 aromatic heterocycles. The van der Waals surface area contributed by atoms with Crippen molar-refractivity contribution in [1.29, 1.82) is 0 Å². The first kappa shape index (κ1) is 11.1. The standard InChI is InChI=1S/C6H13O3SSi/c1-6(2,11)4-3-5-10(7,8)9/h3-5H2,1-2H3,(H,7,8,9). The highest BCUT2D eigenvalue weighted by molar-refractivity contribution is 7.85. The van der Waals surface area contributed by atoms with Crippen LogP contribution in [-0.2, 0) is 10.1 Å². The van der Waals surface area contributed by atoms with Crippen LogP contribution in [0.5, 0.6) is 0 Å². The van der Waals surface area contributed by atoms with E-state index in [1.54, 1.807) is 0 Å². The predicted molar refractivity (Wildman–Crippen MR) is 45.4 cm³/mol. The second-order valence-electron chi connectivity index (χ2n) is 3.27. The van der Waals surface area contributed by atoms with Gasteiger partial charge in [-0.3, -0.25) is 4.55 Å². The Hall–Kier alpha value is 0.127. The van der Waals surface area contributed by atoms with Gasteiger partial charge >= 0.3 is 0 Å². The van der Waals surface area contributed by atoms with E-state index in [-0.39, 0.29) is 10.8 Å². The Labute approximate surface area is 71.4 Å². The molecule has 0 rings (SSSR count). The van der Waals surface area contributed by atoms with Gasteiger partial charge in [-0.1, -0.05) is 20.3 Å². The van der Waals surface area contributed by atoms with E-state index >= 15 is 0 Å². The summed E-state index contributed by atoms with van der Waals surface area (Å²) in [5.74, 6) is -0.152. The first-order chi connectivity index (χ1) is 4.71. The maximum absolute atomic E-state index is 10.3. The van der Waals surface area contributed by atoms with Crippen LogP contribution in [0.25, 0.3) is 0 Å². The Morgan fingerprint density at radius 1 is 1.45 bits per heavy atom. The smallest absolute Gasteiger partial charge is 0.264 e. The Kier molecular flexibility index (Phi) is 3.73. The minimum Gasteiger partial charge on any atom is -0.286 e. The molecule has 0 atom stereocenters. The topological polar surface area (TPSA) is 54.4 Å². The van der Waals surface area contributed by atoms with Crippen LogP contribution in [0.2, 0.25) is 5.04 Å². The quantitative estimate of drug-likeness (QED) is 0.536. The molecule has 0 fully saturated rings. The van der Waals surface area contributed by atoms with Crippen molar-refractivity contribution in [3.63, 3.8) is 0 Å². The normalized spacial score (nSPS) is 13.5. The highest BCUT2D eigenvalue weighted by atomic mass is 32.2. The molecule has 11 heavy (non-hydrogen) atoms. The summed E-state index contributed by atoms with van der Waals surface area (Å²) in [7, 11) is -0.349. The van der Waals surface area contributed by atoms with Crippen LogP contribution >= 0.6 is 0 Å². The van der Waals surface area contributed by atoms with Gasteiger partial charge in [0.15, 0.2) is 0 Å². The van der Waals surface area contributed by atoms with Crippen molar-refractivity contribution in [3.8, 4) is 0 Å². The zero-order chi connectivity index (χ0) is 9.12. The molecule has 0 bridgehead atoms. The fourth-order valence-corrected chi connectivity index (χ4v) is 1.38. The minimum atomic E-state index is -3.77. The van der Waals surface area contributed by atoms with Gasteiger partial charge < -0.3 is 0 Å². The lowest BCUT2D eigenvalue weighted by molar-refractivity contribution is 0.477. The van der Waals surface area contributed by atoms with Gasteiger partial charge in [-0.2, -0.15) is 8.42 Å². The van der Waals surface area contributed by atoms with Crippen LogP contribution in [0.1, 0.15) is 26.7 Å². The van der Waals surface area contributed by atoms with Gasteiger partial charge in [0, 0.05) is 10.2 Å². The van der Waals surface area contributed by atoms with Crippen LogP contribution < -0.4 is 0 Å². The largest absolute Gasteiger partial charge is 0.286 e. The summed E-state index contributed by atoms with van der Waals surface area (Å²) in [6.45, 7) is 3.90. The van der Waals surface area contributed by atoms with E-state index in [2.05, 4.69) is 10.2 Å². The van der Waals surface area contributed by atoms with Gasteiger partial charge in [0.05, 0.1) is 5.75 Å². The first-order valence-electron chi connectivity index (χ1n) is 3.41. The lowest BCUT2D eigenvalue weighted by Gasteiger charge is -2.16. The molecule has 0 saturated heterocycles. The van der Waals surface area contributed by atoms with Gasteiger partial charge in [0.25, 0.3) is 10.1 Å². The van der Waals surface area contributed by atoms with Crippen molar-refractivity contribution in [2.45, 2.75) is 31.7 Å². The SMILES string of the molecule is CC(C)([Si])CCCS(=O)(=O)O. The Bertz CT molecular complexity index is 202. The molecule has 0 aromatic carbocycles. The summed E-state index contributed by atoms with van der Waals surface area (Å²) >= 11 is 0. The van der Waals surface area contributed by atoms with Gasteiger partial charge in [-0.25, -0.2) is 0 Å². The summed E-state index contributed by atoms with van der Waals surface area (Å²) in [6.07, 6.45) is 1.21. The molecule has 0 spiro atoms. The van der Waals surface area contributed by atoms with Crippen LogP contribution in [-0.4, -0.2) is 29.0 Å². The molecule has 0 unspecified atom stereocenters. The molecule has 65 valence electrons. The maximum atomic E-state index is 10.3. The molecule has 0 aliphatic heterocycles. The van der Waals surface area contributed by atoms with Gasteiger partial charge in [0.1, 0.15) is 0 Å². The van der Waals surface area contributed by atoms with Crippen LogP contribution in [0.3, 0.4) is 0 Å². The Morgan fingerprint density at radius 3 is 2.18 bits per heavy atom.